The van der Waals surface area contributed by atoms with Crippen molar-refractivity contribution in [1.82, 2.24) is 10.6 Å². The van der Waals surface area contributed by atoms with Crippen LogP contribution < -0.4 is 16.4 Å². The molecule has 7 heteroatoms. The molecular formula is C12H25N3O3S. The number of hydrogen-bond donors (Lipinski definition) is 4. The first-order chi connectivity index (χ1) is 8.51. The van der Waals surface area contributed by atoms with E-state index in [1.54, 1.807) is 39.5 Å². The van der Waals surface area contributed by atoms with Crippen molar-refractivity contribution >= 4 is 23.7 Å². The largest absolute Gasteiger partial charge is 0.388 e. The molecule has 0 aliphatic rings. The van der Waals surface area contributed by atoms with E-state index in [-0.39, 0.29) is 5.91 Å². The van der Waals surface area contributed by atoms with Crippen LogP contribution in [0.4, 0.5) is 4.79 Å². The van der Waals surface area contributed by atoms with Crippen LogP contribution in [-0.4, -0.2) is 46.2 Å². The van der Waals surface area contributed by atoms with E-state index in [0.717, 1.165) is 5.75 Å². The number of primary amides is 1. The van der Waals surface area contributed by atoms with Crippen LogP contribution in [0.5, 0.6) is 0 Å². The summed E-state index contributed by atoms with van der Waals surface area (Å²) in [5.74, 6) is 0.376. The molecule has 0 saturated heterocycles. The molecule has 1 unspecified atom stereocenters. The van der Waals surface area contributed by atoms with E-state index in [1.807, 2.05) is 6.26 Å². The highest BCUT2D eigenvalue weighted by molar-refractivity contribution is 7.98. The minimum absolute atomic E-state index is 0.347. The monoisotopic (exact) mass is 291 g/mol. The van der Waals surface area contributed by atoms with Crippen LogP contribution in [0, 0.1) is 0 Å². The number of carbonyl (C=O) groups is 2. The molecule has 0 spiro atoms. The molecular weight excluding hydrogens is 266 g/mol. The van der Waals surface area contributed by atoms with Crippen LogP contribution in [0.1, 0.15) is 34.1 Å². The maximum atomic E-state index is 12.1. The molecule has 6 nitrogen and oxygen atoms in total. The summed E-state index contributed by atoms with van der Waals surface area (Å²) in [6.45, 7) is 6.68. The summed E-state index contributed by atoms with van der Waals surface area (Å²) >= 11 is 1.58. The minimum Gasteiger partial charge on any atom is -0.388 e. The lowest BCUT2D eigenvalue weighted by molar-refractivity contribution is -0.128. The van der Waals surface area contributed by atoms with Gasteiger partial charge in [-0.25, -0.2) is 4.79 Å². The van der Waals surface area contributed by atoms with Gasteiger partial charge in [0.05, 0.1) is 11.1 Å². The van der Waals surface area contributed by atoms with Crippen molar-refractivity contribution in [2.75, 3.05) is 12.0 Å². The van der Waals surface area contributed by atoms with Crippen LogP contribution in [0.25, 0.3) is 0 Å². The molecule has 5 N–H and O–H groups in total. The van der Waals surface area contributed by atoms with Gasteiger partial charge in [0.1, 0.15) is 6.04 Å². The average Bonchev–Trinajstić information content (AvgIpc) is 2.21. The molecule has 1 atom stereocenters. The third-order valence-corrected chi connectivity index (χ3v) is 3.85. The van der Waals surface area contributed by atoms with Crippen LogP contribution in [-0.2, 0) is 4.79 Å². The van der Waals surface area contributed by atoms with Crippen molar-refractivity contribution in [3.8, 4) is 0 Å². The average molecular weight is 291 g/mol. The fourth-order valence-corrected chi connectivity index (χ4v) is 1.70. The summed E-state index contributed by atoms with van der Waals surface area (Å²) in [4.78, 5) is 23.1. The Morgan fingerprint density at radius 3 is 2.21 bits per heavy atom. The topological polar surface area (TPSA) is 104 Å². The number of thioether (sulfide) groups is 1. The molecule has 0 aliphatic carbocycles. The second-order valence-electron chi connectivity index (χ2n) is 5.52. The Morgan fingerprint density at radius 1 is 1.32 bits per heavy atom. The Balaban J connectivity index is 4.76. The van der Waals surface area contributed by atoms with Crippen molar-refractivity contribution in [1.29, 1.82) is 0 Å². The van der Waals surface area contributed by atoms with Gasteiger partial charge in [-0.05, 0) is 46.1 Å². The van der Waals surface area contributed by atoms with Gasteiger partial charge in [0, 0.05) is 0 Å². The van der Waals surface area contributed by atoms with Gasteiger partial charge in [-0.15, -0.1) is 0 Å². The van der Waals surface area contributed by atoms with Gasteiger partial charge in [-0.1, -0.05) is 0 Å². The maximum Gasteiger partial charge on any atom is 0.312 e. The molecule has 0 aliphatic heterocycles. The van der Waals surface area contributed by atoms with Gasteiger partial charge in [-0.2, -0.15) is 11.8 Å². The molecule has 0 saturated carbocycles. The van der Waals surface area contributed by atoms with E-state index in [4.69, 9.17) is 5.73 Å². The zero-order valence-electron chi connectivity index (χ0n) is 12.2. The van der Waals surface area contributed by atoms with E-state index in [0.29, 0.717) is 6.42 Å². The predicted octanol–water partition coefficient (Wildman–Crippen LogP) is 0.442. The number of amides is 3. The molecule has 0 aromatic rings. The Labute approximate surface area is 118 Å². The van der Waals surface area contributed by atoms with E-state index in [1.165, 1.54) is 0 Å². The zero-order chi connectivity index (χ0) is 15.3. The van der Waals surface area contributed by atoms with Gasteiger partial charge in [0.25, 0.3) is 0 Å². The van der Waals surface area contributed by atoms with E-state index in [2.05, 4.69) is 10.6 Å². The van der Waals surface area contributed by atoms with Gasteiger partial charge in [0.15, 0.2) is 0 Å². The number of aliphatic hydroxyl groups is 1. The third-order valence-electron chi connectivity index (χ3n) is 3.21. The number of nitrogens with one attached hydrogen (secondary N) is 2. The quantitative estimate of drug-likeness (QED) is 0.546. The van der Waals surface area contributed by atoms with E-state index in [9.17, 15) is 14.7 Å². The molecule has 0 bridgehead atoms. The highest BCUT2D eigenvalue weighted by Crippen LogP contribution is 2.20. The van der Waals surface area contributed by atoms with Crippen LogP contribution in [0.2, 0.25) is 0 Å². The Morgan fingerprint density at radius 2 is 1.84 bits per heavy atom. The van der Waals surface area contributed by atoms with E-state index < -0.39 is 23.2 Å². The number of rotatable bonds is 7. The van der Waals surface area contributed by atoms with E-state index >= 15 is 0 Å². The van der Waals surface area contributed by atoms with Crippen molar-refractivity contribution in [2.45, 2.75) is 51.3 Å². The van der Waals surface area contributed by atoms with Crippen LogP contribution in [0.3, 0.4) is 0 Å². The summed E-state index contributed by atoms with van der Waals surface area (Å²) in [7, 11) is 0. The predicted molar refractivity (Wildman–Crippen MR) is 78.0 cm³/mol. The first-order valence-corrected chi connectivity index (χ1v) is 7.50. The SMILES string of the molecule is CSCCC(NC(N)=O)C(=O)NC(C)(C)C(C)(C)O. The highest BCUT2D eigenvalue weighted by Gasteiger charge is 2.37. The molecule has 0 aromatic carbocycles. The second-order valence-corrected chi connectivity index (χ2v) is 6.50. The highest BCUT2D eigenvalue weighted by atomic mass is 32.2. The van der Waals surface area contributed by atoms with Crippen molar-refractivity contribution in [3.63, 3.8) is 0 Å². The normalized spacial score (nSPS) is 13.8. The fourth-order valence-electron chi connectivity index (χ4n) is 1.22. The first-order valence-electron chi connectivity index (χ1n) is 6.10. The standard InChI is InChI=1S/C12H25N3O3S/c1-11(2,12(3,4)18)15-9(16)8(6-7-19-5)14-10(13)17/h8,18H,6-7H2,1-5H3,(H,15,16)(H3,13,14,17). The van der Waals surface area contributed by atoms with Crippen molar-refractivity contribution in [2.24, 2.45) is 5.73 Å². The smallest absolute Gasteiger partial charge is 0.312 e. The maximum absolute atomic E-state index is 12.1. The summed E-state index contributed by atoms with van der Waals surface area (Å²) in [5.41, 5.74) is 3.16. The number of nitrogens with two attached hydrogens (primary N) is 1. The Kier molecular flexibility index (Phi) is 6.65. The van der Waals surface area contributed by atoms with Gasteiger partial charge in [0.2, 0.25) is 5.91 Å². The van der Waals surface area contributed by atoms with Gasteiger partial charge >= 0.3 is 6.03 Å². The molecule has 19 heavy (non-hydrogen) atoms. The molecule has 0 heterocycles. The molecule has 0 fully saturated rings. The summed E-state index contributed by atoms with van der Waals surface area (Å²) < 4.78 is 0. The minimum atomic E-state index is -1.08. The third kappa shape index (κ3) is 6.15. The summed E-state index contributed by atoms with van der Waals surface area (Å²) in [6, 6.07) is -1.42. The van der Waals surface area contributed by atoms with Crippen LogP contribution >= 0.6 is 11.8 Å². The number of urea groups is 1. The van der Waals surface area contributed by atoms with Crippen molar-refractivity contribution < 1.29 is 14.7 Å². The number of hydrogen-bond acceptors (Lipinski definition) is 4. The summed E-state index contributed by atoms with van der Waals surface area (Å²) in [5, 5.41) is 15.2. The van der Waals surface area contributed by atoms with Gasteiger partial charge < -0.3 is 21.5 Å². The lowest BCUT2D eigenvalue weighted by Crippen LogP contribution is -2.61. The number of carbonyl (C=O) groups excluding carboxylic acids is 2. The second kappa shape index (κ2) is 7.00. The molecule has 0 radical (unpaired) electrons. The zero-order valence-corrected chi connectivity index (χ0v) is 13.1. The lowest BCUT2D eigenvalue weighted by atomic mass is 9.85. The molecule has 112 valence electrons. The van der Waals surface area contributed by atoms with Crippen LogP contribution in [0.15, 0.2) is 0 Å². The molecule has 3 amide bonds. The van der Waals surface area contributed by atoms with Crippen molar-refractivity contribution in [3.05, 3.63) is 0 Å². The lowest BCUT2D eigenvalue weighted by Gasteiger charge is -2.39. The molecule has 0 aromatic heterocycles. The Bertz CT molecular complexity index is 327. The van der Waals surface area contributed by atoms with Gasteiger partial charge in [-0.3, -0.25) is 4.79 Å². The fraction of sp³-hybridized carbons (Fsp3) is 0.833. The first kappa shape index (κ1) is 18.0. The Hall–Kier alpha value is -0.950. The molecule has 0 rings (SSSR count). The summed E-state index contributed by atoms with van der Waals surface area (Å²) in [6.07, 6.45) is 2.40.